The van der Waals surface area contributed by atoms with E-state index < -0.39 is 23.2 Å². The van der Waals surface area contributed by atoms with Crippen LogP contribution >= 0.6 is 0 Å². The average molecular weight is 305 g/mol. The average Bonchev–Trinajstić information content (AvgIpc) is 3.17. The number of hydrogen-bond acceptors (Lipinski definition) is 5. The zero-order valence-corrected chi connectivity index (χ0v) is 13.3. The number of non-ortho nitro benzene ring substituents is 1. The maximum atomic E-state index is 11.0. The molecule has 0 amide bonds. The van der Waals surface area contributed by atoms with Crippen LogP contribution in [0.4, 0.5) is 5.69 Å². The molecule has 1 aromatic rings. The lowest BCUT2D eigenvalue weighted by Crippen LogP contribution is -2.41. The van der Waals surface area contributed by atoms with Gasteiger partial charge in [0.25, 0.3) is 5.69 Å². The fourth-order valence-electron chi connectivity index (χ4n) is 2.27. The molecule has 118 valence electrons. The standard InChI is InChI=1S/C15H20BNO5/c1-14(2)15(3,4)22-16(21-14)12-8-5-10(17(18)19)9-13(12)20-11-6-7-11/h5,8-9,11H,6-7H2,1-4H3. The molecule has 0 N–H and O–H groups in total. The van der Waals surface area contributed by atoms with Crippen molar-refractivity contribution in [3.63, 3.8) is 0 Å². The number of nitro groups is 1. The molecule has 0 atom stereocenters. The van der Waals surface area contributed by atoms with Gasteiger partial charge in [-0.25, -0.2) is 0 Å². The van der Waals surface area contributed by atoms with Crippen molar-refractivity contribution in [2.24, 2.45) is 0 Å². The summed E-state index contributed by atoms with van der Waals surface area (Å²) < 4.78 is 17.9. The molecular formula is C15H20BNO5. The van der Waals surface area contributed by atoms with Crippen LogP contribution in [0.1, 0.15) is 40.5 Å². The van der Waals surface area contributed by atoms with E-state index in [1.165, 1.54) is 12.1 Å². The van der Waals surface area contributed by atoms with Crippen molar-refractivity contribution in [1.29, 1.82) is 0 Å². The van der Waals surface area contributed by atoms with E-state index in [0.29, 0.717) is 11.2 Å². The largest absolute Gasteiger partial charge is 0.498 e. The fraction of sp³-hybridized carbons (Fsp3) is 0.600. The van der Waals surface area contributed by atoms with E-state index in [1.807, 2.05) is 27.7 Å². The third kappa shape index (κ3) is 2.70. The molecule has 6 nitrogen and oxygen atoms in total. The molecule has 3 rings (SSSR count). The molecule has 0 unspecified atom stereocenters. The smallest absolute Gasteiger partial charge is 0.491 e. The van der Waals surface area contributed by atoms with Crippen LogP contribution in [0, 0.1) is 10.1 Å². The number of benzene rings is 1. The summed E-state index contributed by atoms with van der Waals surface area (Å²) in [5.74, 6) is 0.482. The first kappa shape index (κ1) is 15.3. The zero-order chi connectivity index (χ0) is 16.1. The van der Waals surface area contributed by atoms with Gasteiger partial charge in [-0.1, -0.05) is 6.07 Å². The number of nitrogens with zero attached hydrogens (tertiary/aromatic N) is 1. The third-order valence-electron chi connectivity index (χ3n) is 4.53. The maximum Gasteiger partial charge on any atom is 0.498 e. The van der Waals surface area contributed by atoms with E-state index in [-0.39, 0.29) is 11.8 Å². The molecule has 1 saturated heterocycles. The van der Waals surface area contributed by atoms with Crippen LogP contribution in [0.25, 0.3) is 0 Å². The van der Waals surface area contributed by atoms with Gasteiger partial charge in [0, 0.05) is 11.5 Å². The van der Waals surface area contributed by atoms with Gasteiger partial charge in [-0.3, -0.25) is 10.1 Å². The lowest BCUT2D eigenvalue weighted by atomic mass is 9.78. The molecule has 2 fully saturated rings. The first-order valence-corrected chi connectivity index (χ1v) is 7.50. The number of rotatable bonds is 4. The van der Waals surface area contributed by atoms with Crippen molar-refractivity contribution >= 4 is 18.3 Å². The van der Waals surface area contributed by atoms with Gasteiger partial charge in [-0.2, -0.15) is 0 Å². The molecule has 22 heavy (non-hydrogen) atoms. The Bertz CT molecular complexity index is 596. The van der Waals surface area contributed by atoms with Crippen LogP contribution in [-0.2, 0) is 9.31 Å². The van der Waals surface area contributed by atoms with Crippen molar-refractivity contribution in [3.8, 4) is 5.75 Å². The van der Waals surface area contributed by atoms with E-state index in [9.17, 15) is 10.1 Å². The zero-order valence-electron chi connectivity index (χ0n) is 13.3. The van der Waals surface area contributed by atoms with Crippen molar-refractivity contribution in [2.45, 2.75) is 57.8 Å². The Morgan fingerprint density at radius 1 is 1.23 bits per heavy atom. The Hall–Kier alpha value is -1.60. The minimum Gasteiger partial charge on any atom is -0.491 e. The molecule has 0 bridgehead atoms. The monoisotopic (exact) mass is 305 g/mol. The van der Waals surface area contributed by atoms with Crippen LogP contribution < -0.4 is 10.2 Å². The van der Waals surface area contributed by atoms with Crippen LogP contribution in [0.5, 0.6) is 5.75 Å². The van der Waals surface area contributed by atoms with Gasteiger partial charge < -0.3 is 14.0 Å². The van der Waals surface area contributed by atoms with Crippen LogP contribution in [-0.4, -0.2) is 29.3 Å². The Balaban J connectivity index is 1.94. The molecule has 1 heterocycles. The fourth-order valence-corrected chi connectivity index (χ4v) is 2.27. The van der Waals surface area contributed by atoms with Gasteiger partial charge in [-0.05, 0) is 40.5 Å². The van der Waals surface area contributed by atoms with E-state index in [0.717, 1.165) is 12.8 Å². The van der Waals surface area contributed by atoms with Gasteiger partial charge in [0.1, 0.15) is 5.75 Å². The summed E-state index contributed by atoms with van der Waals surface area (Å²) in [7, 11) is -0.584. The summed E-state index contributed by atoms with van der Waals surface area (Å²) >= 11 is 0. The first-order valence-electron chi connectivity index (χ1n) is 7.50. The minimum absolute atomic E-state index is 0.0101. The van der Waals surface area contributed by atoms with Gasteiger partial charge in [0.15, 0.2) is 0 Å². The van der Waals surface area contributed by atoms with E-state index in [1.54, 1.807) is 6.07 Å². The van der Waals surface area contributed by atoms with E-state index in [4.69, 9.17) is 14.0 Å². The quantitative estimate of drug-likeness (QED) is 0.485. The lowest BCUT2D eigenvalue weighted by molar-refractivity contribution is -0.384. The molecule has 2 aliphatic rings. The van der Waals surface area contributed by atoms with Crippen molar-refractivity contribution in [3.05, 3.63) is 28.3 Å². The highest BCUT2D eigenvalue weighted by Gasteiger charge is 2.52. The predicted octanol–water partition coefficient (Wildman–Crippen LogP) is 2.44. The van der Waals surface area contributed by atoms with Gasteiger partial charge >= 0.3 is 7.12 Å². The molecule has 0 radical (unpaired) electrons. The summed E-state index contributed by atoms with van der Waals surface area (Å²) in [6.07, 6.45) is 2.10. The van der Waals surface area contributed by atoms with Gasteiger partial charge in [-0.15, -0.1) is 0 Å². The Morgan fingerprint density at radius 2 is 1.82 bits per heavy atom. The highest BCUT2D eigenvalue weighted by atomic mass is 16.7. The predicted molar refractivity (Wildman–Crippen MR) is 82.5 cm³/mol. The van der Waals surface area contributed by atoms with Crippen molar-refractivity contribution in [1.82, 2.24) is 0 Å². The number of ether oxygens (including phenoxy) is 1. The van der Waals surface area contributed by atoms with Crippen LogP contribution in [0.15, 0.2) is 18.2 Å². The highest BCUT2D eigenvalue weighted by molar-refractivity contribution is 6.63. The molecule has 1 aliphatic heterocycles. The SMILES string of the molecule is CC1(C)OB(c2ccc([N+](=O)[O-])cc2OC2CC2)OC1(C)C. The van der Waals surface area contributed by atoms with Crippen LogP contribution in [0.2, 0.25) is 0 Å². The second kappa shape index (κ2) is 4.96. The number of nitro benzene ring substituents is 1. The molecule has 1 saturated carbocycles. The summed E-state index contributed by atoms with van der Waals surface area (Å²) in [6.45, 7) is 7.89. The molecular weight excluding hydrogens is 285 g/mol. The molecule has 1 aliphatic carbocycles. The number of hydrogen-bond donors (Lipinski definition) is 0. The molecule has 1 aromatic carbocycles. The molecule has 7 heteroatoms. The lowest BCUT2D eigenvalue weighted by Gasteiger charge is -2.32. The second-order valence-corrected chi connectivity index (χ2v) is 6.88. The van der Waals surface area contributed by atoms with Gasteiger partial charge in [0.2, 0.25) is 0 Å². The summed E-state index contributed by atoms with van der Waals surface area (Å²) in [5.41, 5.74) is -0.209. The van der Waals surface area contributed by atoms with Crippen molar-refractivity contribution < 1.29 is 19.0 Å². The third-order valence-corrected chi connectivity index (χ3v) is 4.53. The Morgan fingerprint density at radius 3 is 2.32 bits per heavy atom. The van der Waals surface area contributed by atoms with Crippen molar-refractivity contribution in [2.75, 3.05) is 0 Å². The molecule has 0 spiro atoms. The Kier molecular flexibility index (Phi) is 3.45. The molecule has 0 aromatic heterocycles. The van der Waals surface area contributed by atoms with E-state index >= 15 is 0 Å². The van der Waals surface area contributed by atoms with Gasteiger partial charge in [0.05, 0.1) is 28.3 Å². The summed E-state index contributed by atoms with van der Waals surface area (Å²) in [6, 6.07) is 4.58. The minimum atomic E-state index is -0.584. The maximum absolute atomic E-state index is 11.0. The second-order valence-electron chi connectivity index (χ2n) is 6.88. The van der Waals surface area contributed by atoms with E-state index in [2.05, 4.69) is 0 Å². The van der Waals surface area contributed by atoms with Crippen LogP contribution in [0.3, 0.4) is 0 Å². The highest BCUT2D eigenvalue weighted by Crippen LogP contribution is 2.38. The first-order chi connectivity index (χ1) is 10.2. The topological polar surface area (TPSA) is 70.8 Å². The normalized spacial score (nSPS) is 22.6. The summed E-state index contributed by atoms with van der Waals surface area (Å²) in [4.78, 5) is 10.6. The Labute approximate surface area is 130 Å². The summed E-state index contributed by atoms with van der Waals surface area (Å²) in [5, 5.41) is 11.0.